The van der Waals surface area contributed by atoms with E-state index in [0.29, 0.717) is 25.5 Å². The maximum Gasteiger partial charge on any atom is 0.223 e. The summed E-state index contributed by atoms with van der Waals surface area (Å²) < 4.78 is 5.60. The summed E-state index contributed by atoms with van der Waals surface area (Å²) in [5.41, 5.74) is 6.99. The van der Waals surface area contributed by atoms with Crippen molar-refractivity contribution in [1.82, 2.24) is 10.2 Å². The third-order valence-electron chi connectivity index (χ3n) is 3.39. The summed E-state index contributed by atoms with van der Waals surface area (Å²) in [5.74, 6) is 1.29. The maximum absolute atomic E-state index is 11.5. The van der Waals surface area contributed by atoms with Crippen LogP contribution in [0.5, 0.6) is 5.75 Å². The van der Waals surface area contributed by atoms with Crippen LogP contribution in [-0.2, 0) is 4.79 Å². The number of rotatable bonds is 4. The van der Waals surface area contributed by atoms with Crippen LogP contribution >= 0.6 is 0 Å². The topological polar surface area (TPSA) is 80.0 Å². The van der Waals surface area contributed by atoms with E-state index in [-0.39, 0.29) is 11.9 Å². The lowest BCUT2D eigenvalue weighted by molar-refractivity contribution is -0.128. The van der Waals surface area contributed by atoms with Gasteiger partial charge in [0, 0.05) is 32.5 Å². The third-order valence-corrected chi connectivity index (χ3v) is 3.39. The van der Waals surface area contributed by atoms with E-state index in [2.05, 4.69) is 10.3 Å². The Morgan fingerprint density at radius 1 is 1.48 bits per heavy atom. The Morgan fingerprint density at radius 3 is 3.00 bits per heavy atom. The molecule has 1 amide bonds. The summed E-state index contributed by atoms with van der Waals surface area (Å²) in [6, 6.07) is 8.00. The Hall–Kier alpha value is -2.24. The molecule has 114 valence electrons. The van der Waals surface area contributed by atoms with Crippen LogP contribution in [0.25, 0.3) is 0 Å². The standard InChI is InChI=1S/C15H22N4O2/c1-19(2)14(20)7-9-17-15(16)18-12-8-10-21-13-6-4-3-5-11(12)13/h3-6,12H,7-10H2,1-2H3,(H3,16,17,18). The first-order valence-electron chi connectivity index (χ1n) is 7.06. The van der Waals surface area contributed by atoms with Gasteiger partial charge in [0.15, 0.2) is 5.96 Å². The molecule has 21 heavy (non-hydrogen) atoms. The molecule has 0 fully saturated rings. The van der Waals surface area contributed by atoms with E-state index in [1.807, 2.05) is 24.3 Å². The summed E-state index contributed by atoms with van der Waals surface area (Å²) in [7, 11) is 3.46. The molecule has 1 atom stereocenters. The summed E-state index contributed by atoms with van der Waals surface area (Å²) in [6.07, 6.45) is 1.20. The van der Waals surface area contributed by atoms with E-state index >= 15 is 0 Å². The van der Waals surface area contributed by atoms with Crippen molar-refractivity contribution in [3.05, 3.63) is 29.8 Å². The highest BCUT2D eigenvalue weighted by Gasteiger charge is 2.21. The maximum atomic E-state index is 11.5. The molecule has 2 rings (SSSR count). The van der Waals surface area contributed by atoms with Gasteiger partial charge in [-0.3, -0.25) is 9.79 Å². The number of aliphatic imine (C=N–C) groups is 1. The highest BCUT2D eigenvalue weighted by molar-refractivity contribution is 5.79. The van der Waals surface area contributed by atoms with E-state index in [4.69, 9.17) is 10.5 Å². The molecule has 6 nitrogen and oxygen atoms in total. The minimum absolute atomic E-state index is 0.0444. The van der Waals surface area contributed by atoms with Crippen molar-refractivity contribution in [3.8, 4) is 5.75 Å². The molecule has 0 saturated heterocycles. The van der Waals surface area contributed by atoms with Gasteiger partial charge in [0.25, 0.3) is 0 Å². The first-order chi connectivity index (χ1) is 10.1. The molecule has 0 aromatic heterocycles. The molecule has 1 aromatic carbocycles. The largest absolute Gasteiger partial charge is 0.493 e. The van der Waals surface area contributed by atoms with Crippen LogP contribution in [0, 0.1) is 0 Å². The van der Waals surface area contributed by atoms with Crippen molar-refractivity contribution in [3.63, 3.8) is 0 Å². The number of nitrogens with two attached hydrogens (primary N) is 1. The lowest BCUT2D eigenvalue weighted by atomic mass is 10.0. The number of nitrogens with one attached hydrogen (secondary N) is 1. The van der Waals surface area contributed by atoms with Crippen molar-refractivity contribution in [2.24, 2.45) is 10.7 Å². The lowest BCUT2D eigenvalue weighted by Gasteiger charge is -2.26. The number of nitrogens with zero attached hydrogens (tertiary/aromatic N) is 2. The molecule has 3 N–H and O–H groups in total. The lowest BCUT2D eigenvalue weighted by Crippen LogP contribution is -2.37. The molecule has 0 bridgehead atoms. The highest BCUT2D eigenvalue weighted by Crippen LogP contribution is 2.31. The van der Waals surface area contributed by atoms with Gasteiger partial charge in [-0.25, -0.2) is 0 Å². The fourth-order valence-electron chi connectivity index (χ4n) is 2.21. The van der Waals surface area contributed by atoms with E-state index in [1.54, 1.807) is 19.0 Å². The van der Waals surface area contributed by atoms with Gasteiger partial charge in [-0.15, -0.1) is 0 Å². The van der Waals surface area contributed by atoms with Crippen LogP contribution in [0.15, 0.2) is 29.3 Å². The number of guanidine groups is 1. The van der Waals surface area contributed by atoms with E-state index < -0.39 is 0 Å². The van der Waals surface area contributed by atoms with Gasteiger partial charge < -0.3 is 20.7 Å². The molecule has 0 radical (unpaired) electrons. The summed E-state index contributed by atoms with van der Waals surface area (Å²) in [6.45, 7) is 1.04. The van der Waals surface area contributed by atoms with Crippen LogP contribution in [-0.4, -0.2) is 44.0 Å². The van der Waals surface area contributed by atoms with Crippen LogP contribution in [0.3, 0.4) is 0 Å². The Kier molecular flexibility index (Phi) is 5.03. The van der Waals surface area contributed by atoms with Gasteiger partial charge in [-0.1, -0.05) is 18.2 Å². The van der Waals surface area contributed by atoms with Gasteiger partial charge in [-0.05, 0) is 6.07 Å². The van der Waals surface area contributed by atoms with Crippen LogP contribution in [0.1, 0.15) is 24.4 Å². The molecule has 0 spiro atoms. The van der Waals surface area contributed by atoms with Crippen LogP contribution in [0.2, 0.25) is 0 Å². The zero-order valence-electron chi connectivity index (χ0n) is 12.5. The number of ether oxygens (including phenoxy) is 1. The van der Waals surface area contributed by atoms with Crippen molar-refractivity contribution in [2.75, 3.05) is 27.2 Å². The third kappa shape index (κ3) is 4.11. The molecular weight excluding hydrogens is 268 g/mol. The molecule has 1 heterocycles. The summed E-state index contributed by atoms with van der Waals surface area (Å²) in [4.78, 5) is 17.2. The monoisotopic (exact) mass is 290 g/mol. The number of fused-ring (bicyclic) bond motifs is 1. The van der Waals surface area contributed by atoms with E-state index in [9.17, 15) is 4.79 Å². The quantitative estimate of drug-likeness (QED) is 0.637. The first kappa shape index (κ1) is 15.2. The van der Waals surface area contributed by atoms with Crippen molar-refractivity contribution >= 4 is 11.9 Å². The molecule has 1 aromatic rings. The Labute approximate surface area is 125 Å². The van der Waals surface area contributed by atoms with Gasteiger partial charge in [0.2, 0.25) is 5.91 Å². The smallest absolute Gasteiger partial charge is 0.223 e. The van der Waals surface area contributed by atoms with Gasteiger partial charge in [0.1, 0.15) is 5.75 Å². The van der Waals surface area contributed by atoms with Crippen LogP contribution in [0.4, 0.5) is 0 Å². The van der Waals surface area contributed by atoms with Gasteiger partial charge in [0.05, 0.1) is 19.2 Å². The van der Waals surface area contributed by atoms with Crippen molar-refractivity contribution in [2.45, 2.75) is 18.9 Å². The Balaban J connectivity index is 1.91. The number of amides is 1. The SMILES string of the molecule is CN(C)C(=O)CCN=C(N)NC1CCOc2ccccc21. The molecule has 1 aliphatic heterocycles. The number of para-hydroxylation sites is 1. The normalized spacial score (nSPS) is 17.6. The second-order valence-corrected chi connectivity index (χ2v) is 5.18. The second-order valence-electron chi connectivity index (χ2n) is 5.18. The Morgan fingerprint density at radius 2 is 2.24 bits per heavy atom. The average molecular weight is 290 g/mol. The minimum atomic E-state index is 0.0444. The number of benzene rings is 1. The first-order valence-corrected chi connectivity index (χ1v) is 7.06. The highest BCUT2D eigenvalue weighted by atomic mass is 16.5. The molecule has 1 unspecified atom stereocenters. The number of carbonyl (C=O) groups is 1. The Bertz CT molecular complexity index is 528. The predicted molar refractivity (Wildman–Crippen MR) is 82.2 cm³/mol. The molecular formula is C15H22N4O2. The zero-order chi connectivity index (χ0) is 15.2. The average Bonchev–Trinajstić information content (AvgIpc) is 2.47. The molecule has 6 heteroatoms. The van der Waals surface area contributed by atoms with Gasteiger partial charge >= 0.3 is 0 Å². The van der Waals surface area contributed by atoms with E-state index in [0.717, 1.165) is 17.7 Å². The minimum Gasteiger partial charge on any atom is -0.493 e. The predicted octanol–water partition coefficient (Wildman–Crippen LogP) is 0.893. The molecule has 0 aliphatic carbocycles. The van der Waals surface area contributed by atoms with Crippen LogP contribution < -0.4 is 15.8 Å². The summed E-state index contributed by atoms with van der Waals surface area (Å²) >= 11 is 0. The number of hydrogen-bond acceptors (Lipinski definition) is 3. The molecule has 0 saturated carbocycles. The van der Waals surface area contributed by atoms with Crippen molar-refractivity contribution in [1.29, 1.82) is 0 Å². The molecule has 1 aliphatic rings. The zero-order valence-corrected chi connectivity index (χ0v) is 12.5. The fourth-order valence-corrected chi connectivity index (χ4v) is 2.21. The van der Waals surface area contributed by atoms with Gasteiger partial charge in [-0.2, -0.15) is 0 Å². The fraction of sp³-hybridized carbons (Fsp3) is 0.467. The van der Waals surface area contributed by atoms with Crippen molar-refractivity contribution < 1.29 is 9.53 Å². The number of hydrogen-bond donors (Lipinski definition) is 2. The summed E-state index contributed by atoms with van der Waals surface area (Å²) in [5, 5.41) is 3.20. The van der Waals surface area contributed by atoms with E-state index in [1.165, 1.54) is 0 Å². The number of carbonyl (C=O) groups excluding carboxylic acids is 1. The second kappa shape index (κ2) is 6.97.